The lowest BCUT2D eigenvalue weighted by atomic mass is 10.1. The van der Waals surface area contributed by atoms with E-state index in [1.54, 1.807) is 6.92 Å². The van der Waals surface area contributed by atoms with E-state index in [-0.39, 0.29) is 5.91 Å². The highest BCUT2D eigenvalue weighted by atomic mass is 19.1. The van der Waals surface area contributed by atoms with Crippen molar-refractivity contribution in [2.75, 3.05) is 6.54 Å². The van der Waals surface area contributed by atoms with Crippen LogP contribution in [0.3, 0.4) is 0 Å². The lowest BCUT2D eigenvalue weighted by Gasteiger charge is -2.18. The highest BCUT2D eigenvalue weighted by molar-refractivity contribution is 5.80. The first-order chi connectivity index (χ1) is 8.45. The molecule has 1 amide bonds. The van der Waals surface area contributed by atoms with Crippen molar-refractivity contribution in [3.8, 4) is 5.75 Å². The Hall–Kier alpha value is -1.62. The first kappa shape index (κ1) is 14.4. The van der Waals surface area contributed by atoms with Gasteiger partial charge in [0.05, 0.1) is 6.10 Å². The molecule has 1 aromatic carbocycles. The van der Waals surface area contributed by atoms with Gasteiger partial charge in [0.15, 0.2) is 6.10 Å². The molecular weight excluding hydrogens is 237 g/mol. The number of hydrogen-bond acceptors (Lipinski definition) is 3. The molecule has 0 radical (unpaired) electrons. The average Bonchev–Trinajstić information content (AvgIpc) is 2.31. The monoisotopic (exact) mass is 255 g/mol. The molecule has 0 aromatic heterocycles. The molecule has 0 aliphatic rings. The summed E-state index contributed by atoms with van der Waals surface area (Å²) in [5.41, 5.74) is 0.325. The lowest BCUT2D eigenvalue weighted by Crippen LogP contribution is -2.36. The Morgan fingerprint density at radius 1 is 1.50 bits per heavy atom. The van der Waals surface area contributed by atoms with Gasteiger partial charge >= 0.3 is 0 Å². The lowest BCUT2D eigenvalue weighted by molar-refractivity contribution is -0.127. The summed E-state index contributed by atoms with van der Waals surface area (Å²) in [6, 6.07) is 3.84. The summed E-state index contributed by atoms with van der Waals surface area (Å²) in [6.45, 7) is 5.43. The number of nitrogens with one attached hydrogen (secondary N) is 1. The predicted octanol–water partition coefficient (Wildman–Crippen LogP) is 1.78. The maximum atomic E-state index is 13.1. The maximum Gasteiger partial charge on any atom is 0.260 e. The fourth-order valence-corrected chi connectivity index (χ4v) is 1.52. The topological polar surface area (TPSA) is 58.6 Å². The Kier molecular flexibility index (Phi) is 5.09. The second kappa shape index (κ2) is 6.35. The molecule has 0 spiro atoms. The number of hydrogen-bond donors (Lipinski definition) is 2. The zero-order valence-electron chi connectivity index (χ0n) is 10.7. The molecule has 0 saturated carbocycles. The number of carbonyl (C=O) groups excluding carboxylic acids is 1. The molecule has 5 heteroatoms. The van der Waals surface area contributed by atoms with Gasteiger partial charge in [-0.25, -0.2) is 4.39 Å². The van der Waals surface area contributed by atoms with Crippen LogP contribution in [-0.4, -0.2) is 23.7 Å². The summed E-state index contributed by atoms with van der Waals surface area (Å²) < 4.78 is 18.5. The number of aliphatic hydroxyl groups is 1. The van der Waals surface area contributed by atoms with Gasteiger partial charge in [0.1, 0.15) is 11.6 Å². The summed E-state index contributed by atoms with van der Waals surface area (Å²) in [6.07, 6.45) is -1.56. The van der Waals surface area contributed by atoms with Gasteiger partial charge in [0.2, 0.25) is 0 Å². The first-order valence-electron chi connectivity index (χ1n) is 5.87. The standard InChI is InChI=1S/C13H18FNO3/c1-4-15-13(17)9(3)18-12-6-5-10(14)7-11(12)8(2)16/h5-9,16H,4H2,1-3H3,(H,15,17)/t8-,9?/m0/s1. The number of rotatable bonds is 5. The SMILES string of the molecule is CCNC(=O)C(C)Oc1ccc(F)cc1[C@H](C)O. The summed E-state index contributed by atoms with van der Waals surface area (Å²) in [5.74, 6) is -0.396. The Labute approximate surface area is 106 Å². The van der Waals surface area contributed by atoms with E-state index in [1.165, 1.54) is 25.1 Å². The Balaban J connectivity index is 2.87. The number of halogens is 1. The van der Waals surface area contributed by atoms with Crippen molar-refractivity contribution >= 4 is 5.91 Å². The van der Waals surface area contributed by atoms with Gasteiger partial charge in [0.25, 0.3) is 5.91 Å². The molecule has 4 nitrogen and oxygen atoms in total. The summed E-state index contributed by atoms with van der Waals surface area (Å²) in [5, 5.41) is 12.2. The van der Waals surface area contributed by atoms with E-state index in [1.807, 2.05) is 6.92 Å². The van der Waals surface area contributed by atoms with Crippen molar-refractivity contribution in [1.82, 2.24) is 5.32 Å². The molecule has 2 N–H and O–H groups in total. The summed E-state index contributed by atoms with van der Waals surface area (Å²) in [7, 11) is 0. The molecule has 100 valence electrons. The van der Waals surface area contributed by atoms with Crippen molar-refractivity contribution in [1.29, 1.82) is 0 Å². The van der Waals surface area contributed by atoms with Gasteiger partial charge in [-0.2, -0.15) is 0 Å². The molecule has 0 fully saturated rings. The summed E-state index contributed by atoms with van der Waals surface area (Å²) in [4.78, 5) is 11.5. The molecule has 1 unspecified atom stereocenters. The Morgan fingerprint density at radius 2 is 2.17 bits per heavy atom. The third-order valence-corrected chi connectivity index (χ3v) is 2.45. The number of aliphatic hydroxyl groups excluding tert-OH is 1. The number of likely N-dealkylation sites (N-methyl/N-ethyl adjacent to an activating group) is 1. The van der Waals surface area contributed by atoms with Crippen molar-refractivity contribution < 1.29 is 19.0 Å². The zero-order valence-corrected chi connectivity index (χ0v) is 10.7. The van der Waals surface area contributed by atoms with Crippen molar-refractivity contribution in [3.05, 3.63) is 29.6 Å². The highest BCUT2D eigenvalue weighted by Crippen LogP contribution is 2.26. The van der Waals surface area contributed by atoms with E-state index in [2.05, 4.69) is 5.32 Å². The number of carbonyl (C=O) groups is 1. The average molecular weight is 255 g/mol. The largest absolute Gasteiger partial charge is 0.481 e. The summed E-state index contributed by atoms with van der Waals surface area (Å²) >= 11 is 0. The third kappa shape index (κ3) is 3.70. The number of ether oxygens (including phenoxy) is 1. The van der Waals surface area contributed by atoms with Gasteiger partial charge in [0, 0.05) is 12.1 Å². The van der Waals surface area contributed by atoms with E-state index in [9.17, 15) is 14.3 Å². The van der Waals surface area contributed by atoms with Gasteiger partial charge in [-0.3, -0.25) is 4.79 Å². The normalized spacial score (nSPS) is 13.8. The van der Waals surface area contributed by atoms with Crippen molar-refractivity contribution in [3.63, 3.8) is 0 Å². The van der Waals surface area contributed by atoms with Crippen LogP contribution in [0.15, 0.2) is 18.2 Å². The quantitative estimate of drug-likeness (QED) is 0.843. The molecule has 2 atom stereocenters. The van der Waals surface area contributed by atoms with E-state index in [4.69, 9.17) is 4.74 Å². The molecular formula is C13H18FNO3. The predicted molar refractivity (Wildman–Crippen MR) is 65.8 cm³/mol. The second-order valence-electron chi connectivity index (χ2n) is 4.01. The van der Waals surface area contributed by atoms with E-state index >= 15 is 0 Å². The van der Waals surface area contributed by atoms with Crippen LogP contribution < -0.4 is 10.1 Å². The Bertz CT molecular complexity index is 421. The van der Waals surface area contributed by atoms with Crippen LogP contribution in [0.4, 0.5) is 4.39 Å². The maximum absolute atomic E-state index is 13.1. The minimum absolute atomic E-state index is 0.252. The van der Waals surface area contributed by atoms with Crippen LogP contribution >= 0.6 is 0 Å². The number of amides is 1. The molecule has 0 bridgehead atoms. The van der Waals surface area contributed by atoms with Gasteiger partial charge < -0.3 is 15.2 Å². The van der Waals surface area contributed by atoms with Gasteiger partial charge in [-0.15, -0.1) is 0 Å². The number of benzene rings is 1. The van der Waals surface area contributed by atoms with E-state index in [0.29, 0.717) is 17.9 Å². The highest BCUT2D eigenvalue weighted by Gasteiger charge is 2.17. The van der Waals surface area contributed by atoms with Gasteiger partial charge in [-0.1, -0.05) is 0 Å². The van der Waals surface area contributed by atoms with Crippen LogP contribution in [0.1, 0.15) is 32.4 Å². The molecule has 1 aromatic rings. The third-order valence-electron chi connectivity index (χ3n) is 2.45. The molecule has 18 heavy (non-hydrogen) atoms. The van der Waals surface area contributed by atoms with Crippen LogP contribution in [0.25, 0.3) is 0 Å². The van der Waals surface area contributed by atoms with Crippen LogP contribution in [-0.2, 0) is 4.79 Å². The van der Waals surface area contributed by atoms with Crippen LogP contribution in [0.2, 0.25) is 0 Å². The molecule has 0 saturated heterocycles. The van der Waals surface area contributed by atoms with Gasteiger partial charge in [-0.05, 0) is 39.0 Å². The second-order valence-corrected chi connectivity index (χ2v) is 4.01. The smallest absolute Gasteiger partial charge is 0.260 e. The van der Waals surface area contributed by atoms with Crippen molar-refractivity contribution in [2.45, 2.75) is 33.0 Å². The molecule has 1 rings (SSSR count). The first-order valence-corrected chi connectivity index (χ1v) is 5.87. The Morgan fingerprint density at radius 3 is 2.72 bits per heavy atom. The van der Waals surface area contributed by atoms with E-state index in [0.717, 1.165) is 0 Å². The zero-order chi connectivity index (χ0) is 13.7. The van der Waals surface area contributed by atoms with Crippen LogP contribution in [0.5, 0.6) is 5.75 Å². The molecule has 0 aliphatic carbocycles. The molecule has 0 heterocycles. The van der Waals surface area contributed by atoms with E-state index < -0.39 is 18.0 Å². The van der Waals surface area contributed by atoms with Crippen molar-refractivity contribution in [2.24, 2.45) is 0 Å². The molecule has 0 aliphatic heterocycles. The minimum Gasteiger partial charge on any atom is -0.481 e. The fraction of sp³-hybridized carbons (Fsp3) is 0.462. The minimum atomic E-state index is -0.864. The van der Waals surface area contributed by atoms with Crippen LogP contribution in [0, 0.1) is 5.82 Å². The fourth-order valence-electron chi connectivity index (χ4n) is 1.52.